The van der Waals surface area contributed by atoms with Crippen molar-refractivity contribution in [2.45, 2.75) is 32.8 Å². The van der Waals surface area contributed by atoms with Crippen LogP contribution in [0.3, 0.4) is 0 Å². The standard InChI is InChI=1S/C15H19BrO3/c1-15(2)8-10(15)14(17)9-6-12-13(7-11(9)16)19-5-3-4-18-12/h6-7,10,14,17H,3-5,8H2,1-2H3. The average Bonchev–Trinajstić information content (AvgIpc) is 3.04. The Morgan fingerprint density at radius 3 is 2.42 bits per heavy atom. The van der Waals surface area contributed by atoms with Crippen molar-refractivity contribution in [1.82, 2.24) is 0 Å². The van der Waals surface area contributed by atoms with Gasteiger partial charge in [-0.15, -0.1) is 0 Å². The van der Waals surface area contributed by atoms with Crippen molar-refractivity contribution in [2.75, 3.05) is 13.2 Å². The van der Waals surface area contributed by atoms with E-state index in [2.05, 4.69) is 29.8 Å². The van der Waals surface area contributed by atoms with E-state index in [1.165, 1.54) is 0 Å². The summed E-state index contributed by atoms with van der Waals surface area (Å²) in [6, 6.07) is 3.83. The van der Waals surface area contributed by atoms with Gasteiger partial charge in [-0.3, -0.25) is 0 Å². The largest absolute Gasteiger partial charge is 0.490 e. The highest BCUT2D eigenvalue weighted by Gasteiger charge is 2.50. The predicted molar refractivity (Wildman–Crippen MR) is 76.6 cm³/mol. The molecule has 2 aliphatic rings. The summed E-state index contributed by atoms with van der Waals surface area (Å²) in [5, 5.41) is 10.5. The van der Waals surface area contributed by atoms with E-state index in [4.69, 9.17) is 9.47 Å². The molecule has 0 spiro atoms. The number of hydrogen-bond acceptors (Lipinski definition) is 3. The smallest absolute Gasteiger partial charge is 0.162 e. The lowest BCUT2D eigenvalue weighted by Crippen LogP contribution is -2.06. The van der Waals surface area contributed by atoms with Crippen LogP contribution in [-0.2, 0) is 0 Å². The zero-order valence-corrected chi connectivity index (χ0v) is 12.9. The number of fused-ring (bicyclic) bond motifs is 1. The number of halogens is 1. The second-order valence-corrected chi connectivity index (χ2v) is 6.97. The lowest BCUT2D eigenvalue weighted by molar-refractivity contribution is 0.137. The zero-order chi connectivity index (χ0) is 13.6. The van der Waals surface area contributed by atoms with Crippen molar-refractivity contribution in [3.8, 4) is 11.5 Å². The van der Waals surface area contributed by atoms with Gasteiger partial charge in [-0.25, -0.2) is 0 Å². The van der Waals surface area contributed by atoms with E-state index in [0.29, 0.717) is 19.1 Å². The summed E-state index contributed by atoms with van der Waals surface area (Å²) < 4.78 is 12.2. The van der Waals surface area contributed by atoms with Gasteiger partial charge in [0.05, 0.1) is 19.3 Å². The van der Waals surface area contributed by atoms with Crippen LogP contribution in [0.2, 0.25) is 0 Å². The Morgan fingerprint density at radius 2 is 1.84 bits per heavy atom. The molecular weight excluding hydrogens is 308 g/mol. The summed E-state index contributed by atoms with van der Waals surface area (Å²) in [6.07, 6.45) is 1.51. The Bertz CT molecular complexity index is 498. The van der Waals surface area contributed by atoms with Gasteiger partial charge in [-0.2, -0.15) is 0 Å². The number of rotatable bonds is 2. The molecule has 3 rings (SSSR count). The van der Waals surface area contributed by atoms with Gasteiger partial charge < -0.3 is 14.6 Å². The summed E-state index contributed by atoms with van der Waals surface area (Å²) in [7, 11) is 0. The Hall–Kier alpha value is -0.740. The Balaban J connectivity index is 1.92. The number of aliphatic hydroxyl groups is 1. The number of hydrogen-bond donors (Lipinski definition) is 1. The van der Waals surface area contributed by atoms with E-state index >= 15 is 0 Å². The first-order valence-corrected chi connectivity index (χ1v) is 7.55. The molecule has 1 fully saturated rings. The topological polar surface area (TPSA) is 38.7 Å². The second kappa shape index (κ2) is 4.67. The minimum atomic E-state index is -0.443. The fourth-order valence-electron chi connectivity index (χ4n) is 2.69. The third-order valence-corrected chi connectivity index (χ3v) is 4.84. The minimum absolute atomic E-state index is 0.239. The second-order valence-electron chi connectivity index (χ2n) is 6.11. The molecule has 0 aromatic heterocycles. The molecule has 0 saturated heterocycles. The molecule has 0 radical (unpaired) electrons. The molecule has 2 atom stereocenters. The third kappa shape index (κ3) is 2.48. The molecule has 1 aliphatic heterocycles. The number of ether oxygens (including phenoxy) is 2. The van der Waals surface area contributed by atoms with Crippen LogP contribution in [0.4, 0.5) is 0 Å². The molecule has 19 heavy (non-hydrogen) atoms. The van der Waals surface area contributed by atoms with Crippen LogP contribution in [0.15, 0.2) is 16.6 Å². The summed E-state index contributed by atoms with van der Waals surface area (Å²) >= 11 is 3.54. The predicted octanol–water partition coefficient (Wildman–Crippen LogP) is 3.69. The molecular formula is C15H19BrO3. The maximum atomic E-state index is 10.5. The summed E-state index contributed by atoms with van der Waals surface area (Å²) in [6.45, 7) is 5.73. The molecule has 1 aliphatic carbocycles. The van der Waals surface area contributed by atoms with Crippen molar-refractivity contribution in [1.29, 1.82) is 0 Å². The van der Waals surface area contributed by atoms with Gasteiger partial charge >= 0.3 is 0 Å². The van der Waals surface area contributed by atoms with Gasteiger partial charge in [0.2, 0.25) is 0 Å². The highest BCUT2D eigenvalue weighted by molar-refractivity contribution is 9.10. The van der Waals surface area contributed by atoms with Gasteiger partial charge in [0.15, 0.2) is 11.5 Å². The van der Waals surface area contributed by atoms with Crippen LogP contribution in [0, 0.1) is 11.3 Å². The third-order valence-electron chi connectivity index (χ3n) is 4.16. The van der Waals surface area contributed by atoms with E-state index in [9.17, 15) is 5.11 Å². The van der Waals surface area contributed by atoms with Crippen LogP contribution in [0.5, 0.6) is 11.5 Å². The van der Waals surface area contributed by atoms with Gasteiger partial charge in [0, 0.05) is 10.9 Å². The van der Waals surface area contributed by atoms with E-state index < -0.39 is 6.10 Å². The Morgan fingerprint density at radius 1 is 1.26 bits per heavy atom. The Labute approximate surface area is 122 Å². The normalized spacial score (nSPS) is 25.6. The van der Waals surface area contributed by atoms with Crippen molar-refractivity contribution >= 4 is 15.9 Å². The molecule has 104 valence electrons. The number of aliphatic hydroxyl groups excluding tert-OH is 1. The highest BCUT2D eigenvalue weighted by Crippen LogP contribution is 2.58. The van der Waals surface area contributed by atoms with Crippen LogP contribution in [0.25, 0.3) is 0 Å². The SMILES string of the molecule is CC1(C)CC1C(O)c1cc2c(cc1Br)OCCCO2. The van der Waals surface area contributed by atoms with Crippen molar-refractivity contribution in [2.24, 2.45) is 11.3 Å². The van der Waals surface area contributed by atoms with Gasteiger partial charge in [0.1, 0.15) is 0 Å². The maximum absolute atomic E-state index is 10.5. The van der Waals surface area contributed by atoms with Gasteiger partial charge in [-0.05, 0) is 35.4 Å². The molecule has 1 saturated carbocycles. The molecule has 3 nitrogen and oxygen atoms in total. The molecule has 4 heteroatoms. The minimum Gasteiger partial charge on any atom is -0.490 e. The summed E-state index contributed by atoms with van der Waals surface area (Å²) in [5.74, 6) is 1.83. The molecule has 0 amide bonds. The summed E-state index contributed by atoms with van der Waals surface area (Å²) in [5.41, 5.74) is 1.14. The Kier molecular flexibility index (Phi) is 3.26. The first kappa shape index (κ1) is 13.3. The first-order chi connectivity index (χ1) is 8.99. The van der Waals surface area contributed by atoms with Crippen LogP contribution in [0.1, 0.15) is 38.4 Å². The fourth-order valence-corrected chi connectivity index (χ4v) is 3.25. The quantitative estimate of drug-likeness (QED) is 0.900. The molecule has 1 aromatic carbocycles. The van der Waals surface area contributed by atoms with Crippen LogP contribution < -0.4 is 9.47 Å². The van der Waals surface area contributed by atoms with Crippen molar-refractivity contribution < 1.29 is 14.6 Å². The van der Waals surface area contributed by atoms with Gasteiger partial charge in [0.25, 0.3) is 0 Å². The van der Waals surface area contributed by atoms with E-state index in [0.717, 1.165) is 34.4 Å². The number of benzene rings is 1. The zero-order valence-electron chi connectivity index (χ0n) is 11.3. The van der Waals surface area contributed by atoms with Crippen molar-refractivity contribution in [3.05, 3.63) is 22.2 Å². The fraction of sp³-hybridized carbons (Fsp3) is 0.600. The lowest BCUT2D eigenvalue weighted by Gasteiger charge is -2.17. The van der Waals surface area contributed by atoms with Crippen molar-refractivity contribution in [3.63, 3.8) is 0 Å². The molecule has 0 bridgehead atoms. The molecule has 1 N–H and O–H groups in total. The maximum Gasteiger partial charge on any atom is 0.162 e. The molecule has 1 heterocycles. The van der Waals surface area contributed by atoms with Crippen LogP contribution >= 0.6 is 15.9 Å². The van der Waals surface area contributed by atoms with E-state index in [-0.39, 0.29) is 5.41 Å². The van der Waals surface area contributed by atoms with E-state index in [1.54, 1.807) is 0 Å². The summed E-state index contributed by atoms with van der Waals surface area (Å²) in [4.78, 5) is 0. The van der Waals surface area contributed by atoms with Crippen LogP contribution in [-0.4, -0.2) is 18.3 Å². The molecule has 2 unspecified atom stereocenters. The molecule has 1 aromatic rings. The average molecular weight is 327 g/mol. The highest BCUT2D eigenvalue weighted by atomic mass is 79.9. The van der Waals surface area contributed by atoms with E-state index in [1.807, 2.05) is 12.1 Å². The van der Waals surface area contributed by atoms with Gasteiger partial charge in [-0.1, -0.05) is 29.8 Å². The monoisotopic (exact) mass is 326 g/mol. The first-order valence-electron chi connectivity index (χ1n) is 6.76. The lowest BCUT2D eigenvalue weighted by atomic mass is 9.99.